The molecule has 4 heteroatoms. The molecule has 1 aromatic heterocycles. The quantitative estimate of drug-likeness (QED) is 0.933. The summed E-state index contributed by atoms with van der Waals surface area (Å²) in [4.78, 5) is 0. The average molecular weight is 306 g/mol. The molecule has 3 rings (SSSR count). The lowest BCUT2D eigenvalue weighted by Crippen LogP contribution is -2.29. The van der Waals surface area contributed by atoms with Gasteiger partial charge in [-0.3, -0.25) is 0 Å². The molecule has 1 aliphatic rings. The van der Waals surface area contributed by atoms with Gasteiger partial charge >= 0.3 is 0 Å². The predicted molar refractivity (Wildman–Crippen MR) is 92.9 cm³/mol. The number of aryl methyl sites for hydroxylation is 2. The molecule has 0 spiro atoms. The Hall–Kier alpha value is -0.580. The van der Waals surface area contributed by atoms with Crippen LogP contribution in [0.15, 0.2) is 24.3 Å². The van der Waals surface area contributed by atoms with Gasteiger partial charge in [-0.1, -0.05) is 18.2 Å². The van der Waals surface area contributed by atoms with Gasteiger partial charge in [-0.05, 0) is 18.6 Å². The van der Waals surface area contributed by atoms with Crippen LogP contribution >= 0.6 is 23.5 Å². The number of nitrogens with zero attached hydrogens (tertiary/aromatic N) is 1. The first-order valence-corrected chi connectivity index (χ1v) is 9.40. The van der Waals surface area contributed by atoms with E-state index >= 15 is 0 Å². The molecule has 1 saturated heterocycles. The van der Waals surface area contributed by atoms with Crippen molar-refractivity contribution in [2.45, 2.75) is 18.7 Å². The lowest BCUT2D eigenvalue weighted by atomic mass is 10.1. The van der Waals surface area contributed by atoms with Crippen molar-refractivity contribution in [3.05, 3.63) is 35.5 Å². The monoisotopic (exact) mass is 306 g/mol. The molecule has 20 heavy (non-hydrogen) atoms. The van der Waals surface area contributed by atoms with Crippen molar-refractivity contribution in [2.24, 2.45) is 7.05 Å². The molecule has 1 unspecified atom stereocenters. The fourth-order valence-electron chi connectivity index (χ4n) is 2.89. The van der Waals surface area contributed by atoms with Gasteiger partial charge in [0, 0.05) is 59.2 Å². The van der Waals surface area contributed by atoms with E-state index in [1.807, 2.05) is 0 Å². The van der Waals surface area contributed by atoms with Crippen LogP contribution in [0.25, 0.3) is 10.9 Å². The highest BCUT2D eigenvalue weighted by atomic mass is 32.2. The minimum absolute atomic E-state index is 0.781. The molecular formula is C16H22N2S2. The number of thioether (sulfide) groups is 2. The second-order valence-corrected chi connectivity index (χ2v) is 7.90. The SMILES string of the molecule is Cc1c(CNCC2CSCCS2)n(C)c2ccccc12. The summed E-state index contributed by atoms with van der Waals surface area (Å²) >= 11 is 4.21. The van der Waals surface area contributed by atoms with E-state index in [0.29, 0.717) is 0 Å². The van der Waals surface area contributed by atoms with Gasteiger partial charge in [-0.25, -0.2) is 0 Å². The molecule has 108 valence electrons. The standard InChI is InChI=1S/C16H22N2S2/c1-12-14-5-3-4-6-15(14)18(2)16(12)10-17-9-13-11-19-7-8-20-13/h3-6,13,17H,7-11H2,1-2H3. The van der Waals surface area contributed by atoms with Crippen LogP contribution in [0.3, 0.4) is 0 Å². The van der Waals surface area contributed by atoms with Crippen LogP contribution in [0.1, 0.15) is 11.3 Å². The Bertz CT molecular complexity index is 546. The maximum Gasteiger partial charge on any atom is 0.0483 e. The number of hydrogen-bond donors (Lipinski definition) is 1. The topological polar surface area (TPSA) is 17.0 Å². The summed E-state index contributed by atoms with van der Waals surface area (Å²) in [5, 5.41) is 5.82. The van der Waals surface area contributed by atoms with Gasteiger partial charge in [0.05, 0.1) is 0 Å². The highest BCUT2D eigenvalue weighted by Crippen LogP contribution is 2.25. The zero-order valence-electron chi connectivity index (χ0n) is 12.2. The van der Waals surface area contributed by atoms with Gasteiger partial charge in [0.25, 0.3) is 0 Å². The average Bonchev–Trinajstić information content (AvgIpc) is 2.74. The summed E-state index contributed by atoms with van der Waals surface area (Å²) in [6.45, 7) is 4.34. The Kier molecular flexibility index (Phi) is 4.64. The van der Waals surface area contributed by atoms with Crippen molar-refractivity contribution in [1.29, 1.82) is 0 Å². The molecule has 0 aliphatic carbocycles. The van der Waals surface area contributed by atoms with Gasteiger partial charge in [0.1, 0.15) is 0 Å². The van der Waals surface area contributed by atoms with Crippen LogP contribution in [0, 0.1) is 6.92 Å². The Labute approximate surface area is 129 Å². The van der Waals surface area contributed by atoms with Crippen LogP contribution in [-0.4, -0.2) is 33.6 Å². The molecule has 0 radical (unpaired) electrons. The third-order valence-electron chi connectivity index (χ3n) is 4.06. The smallest absolute Gasteiger partial charge is 0.0483 e. The van der Waals surface area contributed by atoms with E-state index in [2.05, 4.69) is 71.6 Å². The lowest BCUT2D eigenvalue weighted by molar-refractivity contribution is 0.654. The van der Waals surface area contributed by atoms with Crippen molar-refractivity contribution in [3.63, 3.8) is 0 Å². The fourth-order valence-corrected chi connectivity index (χ4v) is 5.54. The van der Waals surface area contributed by atoms with E-state index in [1.54, 1.807) is 0 Å². The number of benzene rings is 1. The first-order valence-electron chi connectivity index (χ1n) is 7.20. The van der Waals surface area contributed by atoms with Crippen LogP contribution in [0.4, 0.5) is 0 Å². The van der Waals surface area contributed by atoms with E-state index in [9.17, 15) is 0 Å². The van der Waals surface area contributed by atoms with Crippen LogP contribution in [0.5, 0.6) is 0 Å². The van der Waals surface area contributed by atoms with Crippen molar-refractivity contribution < 1.29 is 0 Å². The molecule has 1 atom stereocenters. The number of aromatic nitrogens is 1. The maximum atomic E-state index is 3.66. The Morgan fingerprint density at radius 2 is 2.15 bits per heavy atom. The number of para-hydroxylation sites is 1. The molecule has 0 saturated carbocycles. The largest absolute Gasteiger partial charge is 0.346 e. The number of fused-ring (bicyclic) bond motifs is 1. The van der Waals surface area contributed by atoms with E-state index in [0.717, 1.165) is 18.3 Å². The molecule has 2 nitrogen and oxygen atoms in total. The third kappa shape index (κ3) is 2.87. The van der Waals surface area contributed by atoms with Gasteiger partial charge in [-0.15, -0.1) is 0 Å². The summed E-state index contributed by atoms with van der Waals surface area (Å²) in [6, 6.07) is 8.68. The summed E-state index contributed by atoms with van der Waals surface area (Å²) in [7, 11) is 2.18. The highest BCUT2D eigenvalue weighted by molar-refractivity contribution is 8.06. The molecule has 2 heterocycles. The maximum absolute atomic E-state index is 3.66. The normalized spacial score (nSPS) is 19.6. The minimum Gasteiger partial charge on any atom is -0.346 e. The summed E-state index contributed by atoms with van der Waals surface area (Å²) in [6.07, 6.45) is 0. The van der Waals surface area contributed by atoms with Crippen LogP contribution in [-0.2, 0) is 13.6 Å². The van der Waals surface area contributed by atoms with Crippen molar-refractivity contribution in [2.75, 3.05) is 23.8 Å². The highest BCUT2D eigenvalue weighted by Gasteiger charge is 2.15. The molecule has 0 amide bonds. The van der Waals surface area contributed by atoms with Gasteiger partial charge < -0.3 is 9.88 Å². The molecule has 2 aromatic rings. The Morgan fingerprint density at radius 3 is 2.90 bits per heavy atom. The van der Waals surface area contributed by atoms with Gasteiger partial charge in [0.2, 0.25) is 0 Å². The number of nitrogens with one attached hydrogen (secondary N) is 1. The van der Waals surface area contributed by atoms with E-state index in [-0.39, 0.29) is 0 Å². The van der Waals surface area contributed by atoms with Gasteiger partial charge in [0.15, 0.2) is 0 Å². The molecule has 0 bridgehead atoms. The minimum atomic E-state index is 0.781. The van der Waals surface area contributed by atoms with Crippen molar-refractivity contribution in [3.8, 4) is 0 Å². The Morgan fingerprint density at radius 1 is 1.30 bits per heavy atom. The van der Waals surface area contributed by atoms with E-state index in [1.165, 1.54) is 39.4 Å². The van der Waals surface area contributed by atoms with Crippen LogP contribution in [0.2, 0.25) is 0 Å². The molecule has 1 fully saturated rings. The van der Waals surface area contributed by atoms with Crippen molar-refractivity contribution in [1.82, 2.24) is 9.88 Å². The van der Waals surface area contributed by atoms with E-state index in [4.69, 9.17) is 0 Å². The summed E-state index contributed by atoms with van der Waals surface area (Å²) < 4.78 is 2.33. The Balaban J connectivity index is 1.68. The lowest BCUT2D eigenvalue weighted by Gasteiger charge is -2.21. The first-order chi connectivity index (χ1) is 9.77. The van der Waals surface area contributed by atoms with E-state index < -0.39 is 0 Å². The van der Waals surface area contributed by atoms with Gasteiger partial charge in [-0.2, -0.15) is 23.5 Å². The molecular weight excluding hydrogens is 284 g/mol. The molecule has 1 N–H and O–H groups in total. The predicted octanol–water partition coefficient (Wildman–Crippen LogP) is 3.42. The van der Waals surface area contributed by atoms with Crippen LogP contribution < -0.4 is 5.32 Å². The molecule has 1 aromatic carbocycles. The number of hydrogen-bond acceptors (Lipinski definition) is 3. The zero-order valence-corrected chi connectivity index (χ0v) is 13.8. The first kappa shape index (κ1) is 14.4. The summed E-state index contributed by atoms with van der Waals surface area (Å²) in [5.74, 6) is 3.93. The second kappa shape index (κ2) is 6.46. The summed E-state index contributed by atoms with van der Waals surface area (Å²) in [5.41, 5.74) is 4.17. The van der Waals surface area contributed by atoms with Crippen molar-refractivity contribution >= 4 is 34.4 Å². The zero-order chi connectivity index (χ0) is 13.9. The third-order valence-corrected chi connectivity index (χ3v) is 6.90. The fraction of sp³-hybridized carbons (Fsp3) is 0.500. The molecule has 1 aliphatic heterocycles. The second-order valence-electron chi connectivity index (χ2n) is 5.35. The number of rotatable bonds is 4.